The molecular weight excluding hydrogens is 414 g/mol. The Hall–Kier alpha value is -2.58. The topological polar surface area (TPSA) is 88.1 Å². The molecule has 0 heterocycles. The second-order valence-corrected chi connectivity index (χ2v) is 8.94. The molecule has 0 aliphatic heterocycles. The number of anilines is 1. The first kappa shape index (κ1) is 22.7. The first-order valence-electron chi connectivity index (χ1n) is 8.74. The molecule has 156 valence electrons. The number of amides is 1. The maximum Gasteiger partial charge on any atom is 0.260 e. The number of methoxy groups -OCH3 is 1. The van der Waals surface area contributed by atoms with E-state index >= 15 is 0 Å². The third-order valence-corrected chi connectivity index (χ3v) is 5.95. The fraction of sp³-hybridized carbons (Fsp3) is 0.300. The number of benzene rings is 2. The van der Waals surface area contributed by atoms with E-state index in [1.54, 1.807) is 6.07 Å². The van der Waals surface area contributed by atoms with Crippen LogP contribution in [-0.2, 0) is 14.8 Å². The molecule has 2 aromatic rings. The molecule has 1 N–H and O–H groups in total. The first-order valence-corrected chi connectivity index (χ1v) is 11.0. The van der Waals surface area contributed by atoms with E-state index in [1.165, 1.54) is 31.0 Å². The summed E-state index contributed by atoms with van der Waals surface area (Å²) in [5.74, 6) is -0.322. The van der Waals surface area contributed by atoms with Gasteiger partial charge in [-0.3, -0.25) is 9.10 Å². The summed E-state index contributed by atoms with van der Waals surface area (Å²) in [6.07, 6.45) is 2.53. The van der Waals surface area contributed by atoms with Gasteiger partial charge in [0.1, 0.15) is 12.3 Å². The van der Waals surface area contributed by atoms with Gasteiger partial charge in [0.25, 0.3) is 5.91 Å². The fourth-order valence-corrected chi connectivity index (χ4v) is 3.71. The number of nitrogens with zero attached hydrogens (tertiary/aromatic N) is 2. The summed E-state index contributed by atoms with van der Waals surface area (Å²) in [6, 6.07) is 8.42. The standard InChI is InChI=1S/C20H24ClN3O4S/c1-13-6-7-16(15(3)14(13)2)11-22-23-20(25)12-24(29(5,26)27)18-10-17(21)8-9-19(18)28-4/h6-11H,12H2,1-5H3,(H,23,25)/b22-11-. The molecule has 9 heteroatoms. The van der Waals surface area contributed by atoms with Crippen molar-refractivity contribution in [3.63, 3.8) is 0 Å². The van der Waals surface area contributed by atoms with Gasteiger partial charge in [0.2, 0.25) is 10.0 Å². The normalized spacial score (nSPS) is 11.5. The van der Waals surface area contributed by atoms with E-state index in [9.17, 15) is 13.2 Å². The molecule has 0 saturated carbocycles. The third-order valence-electron chi connectivity index (χ3n) is 4.59. The lowest BCUT2D eigenvalue weighted by atomic mass is 10.00. The lowest BCUT2D eigenvalue weighted by Gasteiger charge is -2.23. The summed E-state index contributed by atoms with van der Waals surface area (Å²) >= 11 is 5.99. The zero-order chi connectivity index (χ0) is 21.8. The summed E-state index contributed by atoms with van der Waals surface area (Å²) in [7, 11) is -2.37. The number of carbonyl (C=O) groups excluding carboxylic acids is 1. The Kier molecular flexibility index (Phi) is 7.26. The van der Waals surface area contributed by atoms with Gasteiger partial charge in [-0.1, -0.05) is 23.7 Å². The van der Waals surface area contributed by atoms with E-state index in [-0.39, 0.29) is 11.4 Å². The summed E-state index contributed by atoms with van der Waals surface area (Å²) in [5.41, 5.74) is 6.78. The number of halogens is 1. The minimum atomic E-state index is -3.77. The number of hydrogen-bond donors (Lipinski definition) is 1. The molecule has 2 aromatic carbocycles. The molecule has 7 nitrogen and oxygen atoms in total. The van der Waals surface area contributed by atoms with Crippen molar-refractivity contribution in [2.75, 3.05) is 24.2 Å². The van der Waals surface area contributed by atoms with Crippen LogP contribution < -0.4 is 14.5 Å². The zero-order valence-electron chi connectivity index (χ0n) is 17.0. The minimum absolute atomic E-state index is 0.173. The number of sulfonamides is 1. The van der Waals surface area contributed by atoms with E-state index in [4.69, 9.17) is 16.3 Å². The van der Waals surface area contributed by atoms with Crippen LogP contribution >= 0.6 is 11.6 Å². The highest BCUT2D eigenvalue weighted by Crippen LogP contribution is 2.32. The van der Waals surface area contributed by atoms with Crippen LogP contribution in [0.1, 0.15) is 22.3 Å². The molecular formula is C20H24ClN3O4S. The van der Waals surface area contributed by atoms with Crippen molar-refractivity contribution in [2.24, 2.45) is 5.10 Å². The van der Waals surface area contributed by atoms with Crippen LogP contribution in [0.25, 0.3) is 0 Å². The number of carbonyl (C=O) groups is 1. The number of ether oxygens (including phenoxy) is 1. The van der Waals surface area contributed by atoms with Crippen molar-refractivity contribution in [1.29, 1.82) is 0 Å². The number of rotatable bonds is 7. The van der Waals surface area contributed by atoms with Crippen molar-refractivity contribution in [3.8, 4) is 5.75 Å². The predicted molar refractivity (Wildman–Crippen MR) is 117 cm³/mol. The molecule has 0 aromatic heterocycles. The van der Waals surface area contributed by atoms with E-state index in [1.807, 2.05) is 32.9 Å². The van der Waals surface area contributed by atoms with Crippen LogP contribution in [0.2, 0.25) is 5.02 Å². The third kappa shape index (κ3) is 5.71. The van der Waals surface area contributed by atoms with Crippen LogP contribution in [-0.4, -0.2) is 40.4 Å². The van der Waals surface area contributed by atoms with Gasteiger partial charge in [-0.15, -0.1) is 0 Å². The van der Waals surface area contributed by atoms with E-state index < -0.39 is 22.5 Å². The average molecular weight is 438 g/mol. The molecule has 1 amide bonds. The Morgan fingerprint density at radius 1 is 1.21 bits per heavy atom. The molecule has 29 heavy (non-hydrogen) atoms. The Morgan fingerprint density at radius 2 is 1.90 bits per heavy atom. The van der Waals surface area contributed by atoms with E-state index in [0.717, 1.165) is 27.3 Å². The highest BCUT2D eigenvalue weighted by Gasteiger charge is 2.24. The lowest BCUT2D eigenvalue weighted by Crippen LogP contribution is -2.39. The van der Waals surface area contributed by atoms with Gasteiger partial charge < -0.3 is 4.74 Å². The maximum absolute atomic E-state index is 12.3. The molecule has 0 atom stereocenters. The SMILES string of the molecule is COc1ccc(Cl)cc1N(CC(=O)N/N=C\c1ccc(C)c(C)c1C)S(C)(=O)=O. The average Bonchev–Trinajstić information content (AvgIpc) is 2.65. The lowest BCUT2D eigenvalue weighted by molar-refractivity contribution is -0.119. The quantitative estimate of drug-likeness (QED) is 0.532. The summed E-state index contributed by atoms with van der Waals surface area (Å²) in [6.45, 7) is 5.54. The number of hydrogen-bond acceptors (Lipinski definition) is 5. The summed E-state index contributed by atoms with van der Waals surface area (Å²) in [4.78, 5) is 12.3. The van der Waals surface area contributed by atoms with Crippen molar-refractivity contribution in [1.82, 2.24) is 5.43 Å². The highest BCUT2D eigenvalue weighted by atomic mass is 35.5. The molecule has 0 radical (unpaired) electrons. The second-order valence-electron chi connectivity index (χ2n) is 6.60. The van der Waals surface area contributed by atoms with Gasteiger partial charge in [-0.05, 0) is 61.2 Å². The van der Waals surface area contributed by atoms with Crippen molar-refractivity contribution >= 4 is 39.4 Å². The molecule has 0 aliphatic carbocycles. The largest absolute Gasteiger partial charge is 0.495 e. The predicted octanol–water partition coefficient (Wildman–Crippen LogP) is 3.19. The minimum Gasteiger partial charge on any atom is -0.495 e. The molecule has 0 aliphatic rings. The molecule has 0 fully saturated rings. The van der Waals surface area contributed by atoms with Crippen molar-refractivity contribution < 1.29 is 17.9 Å². The van der Waals surface area contributed by atoms with Gasteiger partial charge in [0, 0.05) is 5.02 Å². The Morgan fingerprint density at radius 3 is 2.52 bits per heavy atom. The molecule has 0 saturated heterocycles. The van der Waals surface area contributed by atoms with Crippen molar-refractivity contribution in [3.05, 3.63) is 57.6 Å². The van der Waals surface area contributed by atoms with Crippen LogP contribution in [0.3, 0.4) is 0 Å². The van der Waals surface area contributed by atoms with Crippen LogP contribution in [0, 0.1) is 20.8 Å². The maximum atomic E-state index is 12.3. The van der Waals surface area contributed by atoms with E-state index in [0.29, 0.717) is 5.02 Å². The summed E-state index contributed by atoms with van der Waals surface area (Å²) < 4.78 is 30.7. The smallest absolute Gasteiger partial charge is 0.260 e. The van der Waals surface area contributed by atoms with Gasteiger partial charge >= 0.3 is 0 Å². The first-order chi connectivity index (χ1) is 13.5. The molecule has 0 unspecified atom stereocenters. The number of nitrogens with one attached hydrogen (secondary N) is 1. The molecule has 2 rings (SSSR count). The van der Waals surface area contributed by atoms with E-state index in [2.05, 4.69) is 10.5 Å². The zero-order valence-corrected chi connectivity index (χ0v) is 18.6. The van der Waals surface area contributed by atoms with Crippen LogP contribution in [0.5, 0.6) is 5.75 Å². The number of hydrazone groups is 1. The summed E-state index contributed by atoms with van der Waals surface area (Å²) in [5, 5.41) is 4.28. The van der Waals surface area contributed by atoms with Crippen molar-refractivity contribution in [2.45, 2.75) is 20.8 Å². The van der Waals surface area contributed by atoms with Gasteiger partial charge in [0.05, 0.1) is 25.3 Å². The van der Waals surface area contributed by atoms with Gasteiger partial charge in [-0.2, -0.15) is 5.10 Å². The highest BCUT2D eigenvalue weighted by molar-refractivity contribution is 7.92. The molecule has 0 spiro atoms. The second kappa shape index (κ2) is 9.28. The van der Waals surface area contributed by atoms with Gasteiger partial charge in [0.15, 0.2) is 0 Å². The van der Waals surface area contributed by atoms with Crippen LogP contribution in [0.4, 0.5) is 5.69 Å². The number of aryl methyl sites for hydroxylation is 1. The monoisotopic (exact) mass is 437 g/mol. The fourth-order valence-electron chi connectivity index (χ4n) is 2.70. The Labute approximate surface area is 176 Å². The molecule has 0 bridgehead atoms. The Balaban J connectivity index is 2.20. The van der Waals surface area contributed by atoms with Gasteiger partial charge in [-0.25, -0.2) is 13.8 Å². The van der Waals surface area contributed by atoms with Crippen LogP contribution in [0.15, 0.2) is 35.4 Å². The Bertz CT molecular complexity index is 1050.